The van der Waals surface area contributed by atoms with Crippen LogP contribution in [-0.4, -0.2) is 16.2 Å². The normalized spacial score (nSPS) is 23.9. The molecule has 2 heterocycles. The average Bonchev–Trinajstić information content (AvgIpc) is 2.97. The summed E-state index contributed by atoms with van der Waals surface area (Å²) in [5.74, 6) is 0. The maximum atomic E-state index is 9.08. The van der Waals surface area contributed by atoms with Crippen molar-refractivity contribution in [3.05, 3.63) is 53.1 Å². The Kier molecular flexibility index (Phi) is 2.45. The number of hydrogen-bond acceptors (Lipinski definition) is 3. The van der Waals surface area contributed by atoms with Gasteiger partial charge < -0.3 is 9.30 Å². The van der Waals surface area contributed by atoms with Crippen molar-refractivity contribution in [2.24, 2.45) is 0 Å². The van der Waals surface area contributed by atoms with Gasteiger partial charge in [-0.05, 0) is 42.5 Å². The summed E-state index contributed by atoms with van der Waals surface area (Å²) in [6.45, 7) is 1.32. The van der Waals surface area contributed by atoms with Crippen LogP contribution in [0.1, 0.15) is 35.2 Å². The fourth-order valence-electron chi connectivity index (χ4n) is 3.64. The second kappa shape index (κ2) is 4.19. The molecule has 0 saturated heterocycles. The van der Waals surface area contributed by atoms with Gasteiger partial charge in [-0.15, -0.1) is 0 Å². The number of imidazole rings is 1. The van der Waals surface area contributed by atoms with E-state index < -0.39 is 0 Å². The molecule has 0 bridgehead atoms. The van der Waals surface area contributed by atoms with Crippen LogP contribution in [0.4, 0.5) is 0 Å². The molecule has 100 valence electrons. The Balaban J connectivity index is 1.94. The third-order valence-electron chi connectivity index (χ3n) is 4.54. The van der Waals surface area contributed by atoms with Crippen molar-refractivity contribution < 1.29 is 4.74 Å². The third-order valence-corrected chi connectivity index (χ3v) is 4.54. The largest absolute Gasteiger partial charge is 0.372 e. The molecule has 2 aliphatic rings. The Morgan fingerprint density at radius 2 is 2.35 bits per heavy atom. The highest BCUT2D eigenvalue weighted by Crippen LogP contribution is 2.42. The van der Waals surface area contributed by atoms with Crippen LogP contribution >= 0.6 is 0 Å². The molecule has 1 atom stereocenters. The summed E-state index contributed by atoms with van der Waals surface area (Å²) in [6.07, 6.45) is 7.03. The molecule has 0 amide bonds. The molecule has 1 aliphatic carbocycles. The second-order valence-electron chi connectivity index (χ2n) is 5.62. The van der Waals surface area contributed by atoms with Crippen LogP contribution in [0, 0.1) is 11.3 Å². The number of benzene rings is 1. The highest BCUT2D eigenvalue weighted by atomic mass is 16.5. The van der Waals surface area contributed by atoms with E-state index in [4.69, 9.17) is 10.00 Å². The summed E-state index contributed by atoms with van der Waals surface area (Å²) >= 11 is 0. The van der Waals surface area contributed by atoms with Crippen molar-refractivity contribution in [2.75, 3.05) is 6.61 Å². The molecule has 1 aromatic carbocycles. The molecule has 20 heavy (non-hydrogen) atoms. The lowest BCUT2D eigenvalue weighted by molar-refractivity contribution is 0.0149. The molecule has 1 aliphatic heterocycles. The van der Waals surface area contributed by atoms with E-state index in [0.717, 1.165) is 30.5 Å². The van der Waals surface area contributed by atoms with Crippen molar-refractivity contribution in [1.29, 1.82) is 5.26 Å². The lowest BCUT2D eigenvalue weighted by Crippen LogP contribution is -2.45. The van der Waals surface area contributed by atoms with Crippen molar-refractivity contribution in [2.45, 2.75) is 31.4 Å². The number of aromatic nitrogens is 2. The van der Waals surface area contributed by atoms with Gasteiger partial charge in [0.15, 0.2) is 0 Å². The zero-order valence-electron chi connectivity index (χ0n) is 11.2. The maximum Gasteiger partial charge on any atom is 0.0991 e. The van der Waals surface area contributed by atoms with Gasteiger partial charge >= 0.3 is 0 Å². The van der Waals surface area contributed by atoms with Crippen LogP contribution in [-0.2, 0) is 23.3 Å². The summed E-state index contributed by atoms with van der Waals surface area (Å²) in [6, 6.07) is 8.28. The molecular weight excluding hydrogens is 250 g/mol. The zero-order chi connectivity index (χ0) is 13.6. The third kappa shape index (κ3) is 1.47. The van der Waals surface area contributed by atoms with Crippen LogP contribution in [0.2, 0.25) is 0 Å². The standard InChI is InChI=1S/C16H15N3O/c17-7-12-3-4-15-13(6-12)2-1-5-16(15)10-20-9-14-8-18-11-19(14)16/h3-4,6,8,11H,1-2,5,9-10H2. The van der Waals surface area contributed by atoms with E-state index in [0.29, 0.717) is 13.2 Å². The maximum absolute atomic E-state index is 9.08. The first-order valence-corrected chi connectivity index (χ1v) is 6.96. The summed E-state index contributed by atoms with van der Waals surface area (Å²) in [4.78, 5) is 4.29. The molecule has 1 aromatic heterocycles. The molecule has 0 saturated carbocycles. The minimum absolute atomic E-state index is 0.133. The van der Waals surface area contributed by atoms with E-state index in [1.807, 2.05) is 24.7 Å². The van der Waals surface area contributed by atoms with Gasteiger partial charge in [-0.3, -0.25) is 0 Å². The van der Waals surface area contributed by atoms with Crippen LogP contribution in [0.3, 0.4) is 0 Å². The number of nitriles is 1. The van der Waals surface area contributed by atoms with Crippen molar-refractivity contribution >= 4 is 0 Å². The second-order valence-corrected chi connectivity index (χ2v) is 5.62. The fourth-order valence-corrected chi connectivity index (χ4v) is 3.64. The first-order valence-electron chi connectivity index (χ1n) is 6.96. The molecular formula is C16H15N3O. The lowest BCUT2D eigenvalue weighted by Gasteiger charge is -2.43. The summed E-state index contributed by atoms with van der Waals surface area (Å²) in [5.41, 5.74) is 4.31. The molecule has 0 radical (unpaired) electrons. The Bertz CT molecular complexity index is 709. The topological polar surface area (TPSA) is 50.8 Å². The van der Waals surface area contributed by atoms with Gasteiger partial charge in [-0.25, -0.2) is 4.98 Å². The quantitative estimate of drug-likeness (QED) is 0.734. The monoisotopic (exact) mass is 265 g/mol. The van der Waals surface area contributed by atoms with Crippen LogP contribution in [0.5, 0.6) is 0 Å². The molecule has 2 aromatic rings. The molecule has 1 spiro atoms. The van der Waals surface area contributed by atoms with E-state index in [2.05, 4.69) is 21.7 Å². The van der Waals surface area contributed by atoms with E-state index in [1.165, 1.54) is 11.1 Å². The van der Waals surface area contributed by atoms with Crippen molar-refractivity contribution in [3.63, 3.8) is 0 Å². The van der Waals surface area contributed by atoms with Crippen LogP contribution < -0.4 is 0 Å². The van der Waals surface area contributed by atoms with E-state index in [1.54, 1.807) is 0 Å². The van der Waals surface area contributed by atoms with Crippen molar-refractivity contribution in [3.8, 4) is 6.07 Å². The first kappa shape index (κ1) is 11.7. The summed E-state index contributed by atoms with van der Waals surface area (Å²) in [7, 11) is 0. The number of nitrogens with zero attached hydrogens (tertiary/aromatic N) is 3. The van der Waals surface area contributed by atoms with Gasteiger partial charge in [0, 0.05) is 0 Å². The number of rotatable bonds is 0. The van der Waals surface area contributed by atoms with Crippen LogP contribution in [0.25, 0.3) is 0 Å². The Hall–Kier alpha value is -2.12. The number of ether oxygens (including phenoxy) is 1. The molecule has 4 rings (SSSR count). The number of fused-ring (bicyclic) bond motifs is 4. The number of hydrogen-bond donors (Lipinski definition) is 0. The fraction of sp³-hybridized carbons (Fsp3) is 0.375. The predicted molar refractivity (Wildman–Crippen MR) is 73.1 cm³/mol. The first-order chi connectivity index (χ1) is 9.83. The SMILES string of the molecule is N#Cc1ccc2c(c1)CCCC21COCc2cncn21. The molecule has 4 heteroatoms. The summed E-state index contributed by atoms with van der Waals surface area (Å²) in [5, 5.41) is 9.08. The molecule has 0 N–H and O–H groups in total. The molecule has 0 fully saturated rings. The van der Waals surface area contributed by atoms with Gasteiger partial charge in [0.1, 0.15) is 0 Å². The predicted octanol–water partition coefficient (Wildman–Crippen LogP) is 2.36. The van der Waals surface area contributed by atoms with Gasteiger partial charge in [0.05, 0.1) is 48.6 Å². The molecule has 4 nitrogen and oxygen atoms in total. The number of aryl methyl sites for hydroxylation is 1. The highest BCUT2D eigenvalue weighted by Gasteiger charge is 2.41. The highest BCUT2D eigenvalue weighted by molar-refractivity contribution is 5.44. The summed E-state index contributed by atoms with van der Waals surface area (Å²) < 4.78 is 8.11. The smallest absolute Gasteiger partial charge is 0.0991 e. The van der Waals surface area contributed by atoms with Gasteiger partial charge in [-0.1, -0.05) is 6.07 Å². The van der Waals surface area contributed by atoms with Gasteiger partial charge in [-0.2, -0.15) is 5.26 Å². The Morgan fingerprint density at radius 1 is 1.40 bits per heavy atom. The Labute approximate surface area is 117 Å². The van der Waals surface area contributed by atoms with Crippen molar-refractivity contribution in [1.82, 2.24) is 9.55 Å². The van der Waals surface area contributed by atoms with Crippen LogP contribution in [0.15, 0.2) is 30.7 Å². The lowest BCUT2D eigenvalue weighted by atomic mass is 9.75. The van der Waals surface area contributed by atoms with E-state index in [-0.39, 0.29) is 5.54 Å². The van der Waals surface area contributed by atoms with E-state index >= 15 is 0 Å². The zero-order valence-corrected chi connectivity index (χ0v) is 11.2. The Morgan fingerprint density at radius 3 is 3.25 bits per heavy atom. The van der Waals surface area contributed by atoms with E-state index in [9.17, 15) is 0 Å². The average molecular weight is 265 g/mol. The minimum atomic E-state index is -0.133. The molecule has 1 unspecified atom stereocenters. The van der Waals surface area contributed by atoms with Gasteiger partial charge in [0.25, 0.3) is 0 Å². The minimum Gasteiger partial charge on any atom is -0.372 e. The van der Waals surface area contributed by atoms with Gasteiger partial charge in [0.2, 0.25) is 0 Å².